The number of nitrogens with one attached hydrogen (secondary N) is 1. The average molecular weight is 231 g/mol. The zero-order chi connectivity index (χ0) is 11.4. The number of rotatable bonds is 4. The Hall–Kier alpha value is -0.610. The first-order valence-corrected chi connectivity index (χ1v) is 6.02. The molecule has 1 nitrogen and oxygen atoms in total. The van der Waals surface area contributed by atoms with Gasteiger partial charge < -0.3 is 5.32 Å². The molecule has 0 spiro atoms. The van der Waals surface area contributed by atoms with Crippen molar-refractivity contribution >= 4 is 11.8 Å². The third-order valence-corrected chi connectivity index (χ3v) is 2.77. The Morgan fingerprint density at radius 2 is 1.80 bits per heavy atom. The molecule has 0 saturated heterocycles. The first-order chi connectivity index (χ1) is 7.04. The highest BCUT2D eigenvalue weighted by molar-refractivity contribution is 7.98. The molecule has 0 amide bonds. The SMILES string of the molecule is CSc1c(F)cc(CNC(C)C)cc1F. The highest BCUT2D eigenvalue weighted by Gasteiger charge is 2.09. The molecule has 0 fully saturated rings. The normalized spacial score (nSPS) is 11.1. The zero-order valence-electron chi connectivity index (χ0n) is 9.10. The largest absolute Gasteiger partial charge is 0.310 e. The van der Waals surface area contributed by atoms with Crippen LogP contribution in [0.1, 0.15) is 19.4 Å². The second-order valence-electron chi connectivity index (χ2n) is 3.63. The van der Waals surface area contributed by atoms with Crippen LogP contribution >= 0.6 is 11.8 Å². The van der Waals surface area contributed by atoms with Crippen LogP contribution in [0.3, 0.4) is 0 Å². The maximum absolute atomic E-state index is 13.3. The Kier molecular flexibility index (Phi) is 4.54. The quantitative estimate of drug-likeness (QED) is 0.799. The summed E-state index contributed by atoms with van der Waals surface area (Å²) in [6.07, 6.45) is 1.66. The van der Waals surface area contributed by atoms with Crippen molar-refractivity contribution in [1.82, 2.24) is 5.32 Å². The highest BCUT2D eigenvalue weighted by Crippen LogP contribution is 2.24. The van der Waals surface area contributed by atoms with E-state index < -0.39 is 11.6 Å². The van der Waals surface area contributed by atoms with Crippen molar-refractivity contribution in [3.8, 4) is 0 Å². The van der Waals surface area contributed by atoms with E-state index in [1.54, 1.807) is 6.26 Å². The van der Waals surface area contributed by atoms with Gasteiger partial charge in [-0.1, -0.05) is 13.8 Å². The minimum Gasteiger partial charge on any atom is -0.310 e. The van der Waals surface area contributed by atoms with Crippen molar-refractivity contribution in [2.75, 3.05) is 6.26 Å². The van der Waals surface area contributed by atoms with Gasteiger partial charge in [-0.05, 0) is 24.0 Å². The van der Waals surface area contributed by atoms with Gasteiger partial charge in [0.2, 0.25) is 0 Å². The van der Waals surface area contributed by atoms with E-state index in [1.165, 1.54) is 12.1 Å². The van der Waals surface area contributed by atoms with Crippen LogP contribution in [0.25, 0.3) is 0 Å². The fourth-order valence-corrected chi connectivity index (χ4v) is 1.74. The lowest BCUT2D eigenvalue weighted by Gasteiger charge is -2.09. The Morgan fingerprint density at radius 3 is 2.20 bits per heavy atom. The molecule has 0 radical (unpaired) electrons. The Morgan fingerprint density at radius 1 is 1.27 bits per heavy atom. The van der Waals surface area contributed by atoms with Crippen LogP contribution in [0.4, 0.5) is 8.78 Å². The van der Waals surface area contributed by atoms with Gasteiger partial charge in [0.05, 0.1) is 4.90 Å². The van der Waals surface area contributed by atoms with Crippen molar-refractivity contribution in [2.45, 2.75) is 31.3 Å². The van der Waals surface area contributed by atoms with Crippen LogP contribution in [-0.4, -0.2) is 12.3 Å². The fraction of sp³-hybridized carbons (Fsp3) is 0.455. The summed E-state index contributed by atoms with van der Waals surface area (Å²) < 4.78 is 26.7. The molecule has 0 aromatic heterocycles. The topological polar surface area (TPSA) is 12.0 Å². The number of halogens is 2. The summed E-state index contributed by atoms with van der Waals surface area (Å²) in [5.41, 5.74) is 0.636. The number of thioether (sulfide) groups is 1. The third-order valence-electron chi connectivity index (χ3n) is 1.98. The van der Waals surface area contributed by atoms with Gasteiger partial charge in [0.15, 0.2) is 0 Å². The lowest BCUT2D eigenvalue weighted by atomic mass is 10.2. The van der Waals surface area contributed by atoms with Crippen LogP contribution in [-0.2, 0) is 6.54 Å². The molecule has 0 bridgehead atoms. The van der Waals surface area contributed by atoms with E-state index in [0.29, 0.717) is 18.2 Å². The molecule has 0 unspecified atom stereocenters. The number of hydrogen-bond donors (Lipinski definition) is 1. The molecule has 1 rings (SSSR count). The second-order valence-corrected chi connectivity index (χ2v) is 4.44. The molecule has 15 heavy (non-hydrogen) atoms. The monoisotopic (exact) mass is 231 g/mol. The molecular formula is C11H15F2NS. The molecule has 0 saturated carbocycles. The van der Waals surface area contributed by atoms with Crippen LogP contribution < -0.4 is 5.32 Å². The minimum absolute atomic E-state index is 0.0864. The molecular weight excluding hydrogens is 216 g/mol. The standard InChI is InChI=1S/C11H15F2NS/c1-7(2)14-6-8-4-9(12)11(15-3)10(13)5-8/h4-5,7,14H,6H2,1-3H3. The summed E-state index contributed by atoms with van der Waals surface area (Å²) in [6, 6.07) is 3.06. The van der Waals surface area contributed by atoms with Gasteiger partial charge in [-0.25, -0.2) is 8.78 Å². The van der Waals surface area contributed by atoms with Crippen molar-refractivity contribution in [3.63, 3.8) is 0 Å². The lowest BCUT2D eigenvalue weighted by molar-refractivity contribution is 0.529. The van der Waals surface area contributed by atoms with Crippen molar-refractivity contribution < 1.29 is 8.78 Å². The summed E-state index contributed by atoms with van der Waals surface area (Å²) in [5, 5.41) is 3.11. The van der Waals surface area contributed by atoms with E-state index in [2.05, 4.69) is 5.32 Å². The highest BCUT2D eigenvalue weighted by atomic mass is 32.2. The van der Waals surface area contributed by atoms with E-state index in [0.717, 1.165) is 11.8 Å². The molecule has 0 atom stereocenters. The Labute approximate surface area is 93.3 Å². The maximum atomic E-state index is 13.3. The van der Waals surface area contributed by atoms with Crippen molar-refractivity contribution in [2.24, 2.45) is 0 Å². The predicted molar refractivity (Wildman–Crippen MR) is 60.1 cm³/mol. The molecule has 0 aliphatic rings. The number of benzene rings is 1. The summed E-state index contributed by atoms with van der Waals surface area (Å²) >= 11 is 1.08. The first kappa shape index (κ1) is 12.5. The van der Waals surface area contributed by atoms with Crippen LogP contribution in [0.5, 0.6) is 0 Å². The minimum atomic E-state index is -0.483. The maximum Gasteiger partial charge on any atom is 0.140 e. The molecule has 84 valence electrons. The van der Waals surface area contributed by atoms with E-state index in [9.17, 15) is 8.78 Å². The van der Waals surface area contributed by atoms with Crippen LogP contribution in [0, 0.1) is 11.6 Å². The summed E-state index contributed by atoms with van der Waals surface area (Å²) in [4.78, 5) is 0.0864. The van der Waals surface area contributed by atoms with Gasteiger partial charge in [0.1, 0.15) is 11.6 Å². The molecule has 0 aliphatic heterocycles. The molecule has 1 aromatic carbocycles. The Balaban J connectivity index is 2.84. The van der Waals surface area contributed by atoms with Gasteiger partial charge in [0, 0.05) is 12.6 Å². The van der Waals surface area contributed by atoms with Gasteiger partial charge in [-0.3, -0.25) is 0 Å². The van der Waals surface area contributed by atoms with Crippen LogP contribution in [0.2, 0.25) is 0 Å². The average Bonchev–Trinajstić information content (AvgIpc) is 2.14. The van der Waals surface area contributed by atoms with Gasteiger partial charge in [0.25, 0.3) is 0 Å². The van der Waals surface area contributed by atoms with Crippen LogP contribution in [0.15, 0.2) is 17.0 Å². The van der Waals surface area contributed by atoms with Crippen molar-refractivity contribution in [1.29, 1.82) is 0 Å². The fourth-order valence-electron chi connectivity index (χ4n) is 1.23. The van der Waals surface area contributed by atoms with E-state index in [-0.39, 0.29) is 4.90 Å². The van der Waals surface area contributed by atoms with Gasteiger partial charge in [-0.2, -0.15) is 0 Å². The molecule has 0 heterocycles. The van der Waals surface area contributed by atoms with Gasteiger partial charge in [-0.15, -0.1) is 11.8 Å². The summed E-state index contributed by atoms with van der Waals surface area (Å²) in [5.74, 6) is -0.967. The van der Waals surface area contributed by atoms with E-state index in [4.69, 9.17) is 0 Å². The predicted octanol–water partition coefficient (Wildman–Crippen LogP) is 3.18. The van der Waals surface area contributed by atoms with Crippen molar-refractivity contribution in [3.05, 3.63) is 29.3 Å². The van der Waals surface area contributed by atoms with E-state index >= 15 is 0 Å². The first-order valence-electron chi connectivity index (χ1n) is 4.80. The lowest BCUT2D eigenvalue weighted by Crippen LogP contribution is -2.22. The Bertz CT molecular complexity index is 316. The summed E-state index contributed by atoms with van der Waals surface area (Å²) in [6.45, 7) is 4.46. The molecule has 1 aromatic rings. The van der Waals surface area contributed by atoms with E-state index in [1.807, 2.05) is 13.8 Å². The molecule has 0 aliphatic carbocycles. The summed E-state index contributed by atoms with van der Waals surface area (Å²) in [7, 11) is 0. The molecule has 4 heteroatoms. The molecule has 1 N–H and O–H groups in total. The second kappa shape index (κ2) is 5.47. The smallest absolute Gasteiger partial charge is 0.140 e. The number of hydrogen-bond acceptors (Lipinski definition) is 2. The third kappa shape index (κ3) is 3.47. The van der Waals surface area contributed by atoms with Gasteiger partial charge >= 0.3 is 0 Å². The zero-order valence-corrected chi connectivity index (χ0v) is 9.92.